The van der Waals surface area contributed by atoms with Crippen molar-refractivity contribution in [1.82, 2.24) is 0 Å². The van der Waals surface area contributed by atoms with Crippen LogP contribution in [-0.4, -0.2) is 12.6 Å². The lowest BCUT2D eigenvalue weighted by atomic mass is 9.85. The van der Waals surface area contributed by atoms with Crippen molar-refractivity contribution < 1.29 is 18.7 Å². The van der Waals surface area contributed by atoms with Gasteiger partial charge in [0.25, 0.3) is 0 Å². The first kappa shape index (κ1) is 29.2. The highest BCUT2D eigenvalue weighted by Gasteiger charge is 2.16. The van der Waals surface area contributed by atoms with Crippen LogP contribution in [0.15, 0.2) is 42.5 Å². The number of carbonyl (C=O) groups excluding carboxylic acids is 1. The zero-order chi connectivity index (χ0) is 26.1. The Labute approximate surface area is 224 Å². The first-order valence-electron chi connectivity index (χ1n) is 14.7. The van der Waals surface area contributed by atoms with Crippen molar-refractivity contribution in [2.45, 2.75) is 110 Å². The van der Waals surface area contributed by atoms with Crippen molar-refractivity contribution >= 4 is 5.97 Å². The number of ether oxygens (including phenoxy) is 2. The number of esters is 1. The Morgan fingerprint density at radius 2 is 1.46 bits per heavy atom. The van der Waals surface area contributed by atoms with Crippen LogP contribution in [0.25, 0.3) is 0 Å². The minimum absolute atomic E-state index is 0.0792. The molecule has 0 saturated heterocycles. The van der Waals surface area contributed by atoms with Gasteiger partial charge in [0.05, 0.1) is 12.2 Å². The molecule has 1 aliphatic carbocycles. The number of carbonyl (C=O) groups is 1. The van der Waals surface area contributed by atoms with Gasteiger partial charge in [-0.3, -0.25) is 0 Å². The fourth-order valence-corrected chi connectivity index (χ4v) is 5.07. The van der Waals surface area contributed by atoms with Crippen LogP contribution in [0.1, 0.15) is 119 Å². The molecule has 0 aromatic heterocycles. The predicted octanol–water partition coefficient (Wildman–Crippen LogP) is 9.67. The molecule has 4 heteroatoms. The Bertz CT molecular complexity index is 902. The molecule has 3 rings (SSSR count). The minimum Gasteiger partial charge on any atom is -0.493 e. The van der Waals surface area contributed by atoms with E-state index in [2.05, 4.69) is 13.3 Å². The SMILES string of the molecule is CCCCCCCCCCCCOc1ccc(C(=O)Oc2ccc(CCC3CC[CH]CC3)cc2)c(F)c1. The van der Waals surface area contributed by atoms with E-state index in [9.17, 15) is 9.18 Å². The Morgan fingerprint density at radius 1 is 0.838 bits per heavy atom. The molecule has 1 saturated carbocycles. The van der Waals surface area contributed by atoms with Crippen LogP contribution in [0.3, 0.4) is 0 Å². The normalized spacial score (nSPS) is 14.0. The van der Waals surface area contributed by atoms with Gasteiger partial charge in [0.1, 0.15) is 17.3 Å². The third-order valence-corrected chi connectivity index (χ3v) is 7.46. The smallest absolute Gasteiger partial charge is 0.346 e. The van der Waals surface area contributed by atoms with Crippen LogP contribution in [0.5, 0.6) is 11.5 Å². The Morgan fingerprint density at radius 3 is 2.11 bits per heavy atom. The molecule has 0 unspecified atom stereocenters. The molecule has 0 aliphatic heterocycles. The predicted molar refractivity (Wildman–Crippen MR) is 150 cm³/mol. The van der Waals surface area contributed by atoms with Crippen LogP contribution in [0.2, 0.25) is 0 Å². The van der Waals surface area contributed by atoms with E-state index in [-0.39, 0.29) is 5.56 Å². The molecule has 203 valence electrons. The van der Waals surface area contributed by atoms with Gasteiger partial charge in [0, 0.05) is 6.07 Å². The molecule has 0 atom stereocenters. The lowest BCUT2D eigenvalue weighted by Gasteiger charge is -2.21. The van der Waals surface area contributed by atoms with Gasteiger partial charge in [-0.2, -0.15) is 0 Å². The number of halogens is 1. The van der Waals surface area contributed by atoms with Gasteiger partial charge in [-0.25, -0.2) is 9.18 Å². The van der Waals surface area contributed by atoms with Crippen molar-refractivity contribution in [3.05, 3.63) is 65.8 Å². The summed E-state index contributed by atoms with van der Waals surface area (Å²) >= 11 is 0. The van der Waals surface area contributed by atoms with Crippen molar-refractivity contribution in [3.8, 4) is 11.5 Å². The summed E-state index contributed by atoms with van der Waals surface area (Å²) in [6, 6.07) is 12.0. The van der Waals surface area contributed by atoms with Gasteiger partial charge in [0.15, 0.2) is 0 Å². The average Bonchev–Trinajstić information content (AvgIpc) is 2.92. The first-order chi connectivity index (χ1) is 18.2. The highest BCUT2D eigenvalue weighted by Crippen LogP contribution is 2.27. The second-order valence-corrected chi connectivity index (χ2v) is 10.6. The van der Waals surface area contributed by atoms with E-state index in [4.69, 9.17) is 9.47 Å². The maximum Gasteiger partial charge on any atom is 0.346 e. The Hall–Kier alpha value is -2.36. The molecular weight excluding hydrogens is 463 g/mol. The Balaban J connectivity index is 1.32. The standard InChI is InChI=1S/C33H46FO3/c1-2-3-4-5-6-7-8-9-10-14-25-36-30-23-24-31(32(34)26-30)33(35)37-29-21-19-28(20-22-29)18-17-27-15-12-11-13-16-27/h11,19-24,26-27H,2-10,12-18,25H2,1H3. The topological polar surface area (TPSA) is 35.5 Å². The van der Waals surface area contributed by atoms with Crippen LogP contribution >= 0.6 is 0 Å². The summed E-state index contributed by atoms with van der Waals surface area (Å²) in [6.45, 7) is 2.81. The van der Waals surface area contributed by atoms with E-state index in [1.54, 1.807) is 18.2 Å². The second-order valence-electron chi connectivity index (χ2n) is 10.6. The summed E-state index contributed by atoms with van der Waals surface area (Å²) in [5, 5.41) is 0. The van der Waals surface area contributed by atoms with Gasteiger partial charge in [-0.05, 0) is 74.3 Å². The van der Waals surface area contributed by atoms with E-state index >= 15 is 0 Å². The number of hydrogen-bond donors (Lipinski definition) is 0. The molecule has 2 aromatic rings. The quantitative estimate of drug-likeness (QED) is 0.121. The summed E-state index contributed by atoms with van der Waals surface area (Å²) in [5.74, 6) is 0.385. The van der Waals surface area contributed by atoms with E-state index in [0.29, 0.717) is 18.1 Å². The molecule has 0 spiro atoms. The number of rotatable bonds is 17. The number of aryl methyl sites for hydroxylation is 1. The first-order valence-corrected chi connectivity index (χ1v) is 14.7. The molecule has 1 fully saturated rings. The van der Waals surface area contributed by atoms with Crippen molar-refractivity contribution in [2.24, 2.45) is 5.92 Å². The van der Waals surface area contributed by atoms with Gasteiger partial charge in [-0.15, -0.1) is 0 Å². The van der Waals surface area contributed by atoms with Gasteiger partial charge in [-0.1, -0.05) is 89.7 Å². The maximum absolute atomic E-state index is 14.6. The maximum atomic E-state index is 14.6. The summed E-state index contributed by atoms with van der Waals surface area (Å²) in [5.41, 5.74) is 1.16. The summed E-state index contributed by atoms with van der Waals surface area (Å²) < 4.78 is 25.7. The Kier molecular flexibility index (Phi) is 13.6. The van der Waals surface area contributed by atoms with Crippen LogP contribution in [0.4, 0.5) is 4.39 Å². The molecule has 2 aromatic carbocycles. The summed E-state index contributed by atoms with van der Waals surface area (Å²) in [4.78, 5) is 12.5. The van der Waals surface area contributed by atoms with Crippen LogP contribution in [0, 0.1) is 18.2 Å². The third-order valence-electron chi connectivity index (χ3n) is 7.46. The zero-order valence-corrected chi connectivity index (χ0v) is 22.8. The van der Waals surface area contributed by atoms with Crippen LogP contribution < -0.4 is 9.47 Å². The molecular formula is C33H46FO3. The zero-order valence-electron chi connectivity index (χ0n) is 22.8. The summed E-state index contributed by atoms with van der Waals surface area (Å²) in [7, 11) is 0. The fraction of sp³-hybridized carbons (Fsp3) is 0.576. The lowest BCUT2D eigenvalue weighted by molar-refractivity contribution is 0.0730. The molecule has 37 heavy (non-hydrogen) atoms. The van der Waals surface area contributed by atoms with Gasteiger partial charge < -0.3 is 9.47 Å². The second kappa shape index (κ2) is 17.2. The molecule has 0 heterocycles. The summed E-state index contributed by atoms with van der Waals surface area (Å²) in [6.07, 6.45) is 22.3. The average molecular weight is 510 g/mol. The number of benzene rings is 2. The van der Waals surface area contributed by atoms with Crippen molar-refractivity contribution in [1.29, 1.82) is 0 Å². The molecule has 1 aliphatic rings. The largest absolute Gasteiger partial charge is 0.493 e. The molecule has 3 nitrogen and oxygen atoms in total. The lowest BCUT2D eigenvalue weighted by Crippen LogP contribution is -2.11. The van der Waals surface area contributed by atoms with Gasteiger partial charge in [0.2, 0.25) is 0 Å². The van der Waals surface area contributed by atoms with Gasteiger partial charge >= 0.3 is 5.97 Å². The highest BCUT2D eigenvalue weighted by molar-refractivity contribution is 5.91. The highest BCUT2D eigenvalue weighted by atomic mass is 19.1. The molecule has 0 N–H and O–H groups in total. The van der Waals surface area contributed by atoms with E-state index in [1.807, 2.05) is 12.1 Å². The number of hydrogen-bond acceptors (Lipinski definition) is 3. The molecule has 0 bridgehead atoms. The fourth-order valence-electron chi connectivity index (χ4n) is 5.07. The molecule has 0 amide bonds. The molecule has 1 radical (unpaired) electrons. The number of unbranched alkanes of at least 4 members (excludes halogenated alkanes) is 9. The van der Waals surface area contributed by atoms with E-state index in [0.717, 1.165) is 25.2 Å². The van der Waals surface area contributed by atoms with Crippen LogP contribution in [-0.2, 0) is 6.42 Å². The monoisotopic (exact) mass is 509 g/mol. The third kappa shape index (κ3) is 11.3. The minimum atomic E-state index is -0.690. The van der Waals surface area contributed by atoms with E-state index < -0.39 is 11.8 Å². The van der Waals surface area contributed by atoms with Crippen molar-refractivity contribution in [3.63, 3.8) is 0 Å². The van der Waals surface area contributed by atoms with E-state index in [1.165, 1.54) is 101 Å². The van der Waals surface area contributed by atoms with Crippen molar-refractivity contribution in [2.75, 3.05) is 6.61 Å².